The van der Waals surface area contributed by atoms with Gasteiger partial charge < -0.3 is 4.74 Å². The highest BCUT2D eigenvalue weighted by atomic mass is 35.5. The fourth-order valence-corrected chi connectivity index (χ4v) is 2.01. The number of hydrogen-bond acceptors (Lipinski definition) is 2. The summed E-state index contributed by atoms with van der Waals surface area (Å²) in [5.74, 6) is 0.437. The van der Waals surface area contributed by atoms with Crippen LogP contribution >= 0.6 is 11.6 Å². The molecule has 0 amide bonds. The second-order valence-corrected chi connectivity index (χ2v) is 4.42. The highest BCUT2D eigenvalue weighted by molar-refractivity contribution is 6.35. The lowest BCUT2D eigenvalue weighted by Gasteiger charge is -2.09. The number of methoxy groups -OCH3 is 1. The highest BCUT2D eigenvalue weighted by Crippen LogP contribution is 2.25. The van der Waals surface area contributed by atoms with E-state index in [2.05, 4.69) is 0 Å². The van der Waals surface area contributed by atoms with E-state index in [1.165, 1.54) is 0 Å². The van der Waals surface area contributed by atoms with Gasteiger partial charge in [0.05, 0.1) is 17.7 Å². The van der Waals surface area contributed by atoms with Crippen LogP contribution in [0, 0.1) is 6.92 Å². The molecule has 0 aliphatic rings. The van der Waals surface area contributed by atoms with E-state index >= 15 is 0 Å². The summed E-state index contributed by atoms with van der Waals surface area (Å²) in [6, 6.07) is 12.5. The number of hydrogen-bond donors (Lipinski definition) is 0. The molecule has 3 heteroatoms. The minimum absolute atomic E-state index is 0.124. The van der Waals surface area contributed by atoms with Crippen molar-refractivity contribution in [3.8, 4) is 5.75 Å². The Morgan fingerprint density at radius 3 is 2.50 bits per heavy atom. The molecule has 0 fully saturated rings. The van der Waals surface area contributed by atoms with Gasteiger partial charge in [-0.2, -0.15) is 0 Å². The van der Waals surface area contributed by atoms with Crippen molar-refractivity contribution in [2.24, 2.45) is 0 Å². The van der Waals surface area contributed by atoms with Gasteiger partial charge in [-0.15, -0.1) is 0 Å². The zero-order chi connectivity index (χ0) is 13.1. The molecule has 0 saturated carbocycles. The van der Waals surface area contributed by atoms with Crippen molar-refractivity contribution in [1.29, 1.82) is 0 Å². The Balaban J connectivity index is 2.52. The van der Waals surface area contributed by atoms with E-state index in [0.29, 0.717) is 21.9 Å². The van der Waals surface area contributed by atoms with Gasteiger partial charge in [-0.1, -0.05) is 35.4 Å². The Morgan fingerprint density at radius 1 is 1.11 bits per heavy atom. The van der Waals surface area contributed by atoms with Gasteiger partial charge in [0, 0.05) is 5.56 Å². The molecule has 0 bridgehead atoms. The maximum absolute atomic E-state index is 12.4. The highest BCUT2D eigenvalue weighted by Gasteiger charge is 2.16. The summed E-state index contributed by atoms with van der Waals surface area (Å²) in [6.07, 6.45) is 0. The number of benzene rings is 2. The number of aryl methyl sites for hydroxylation is 1. The molecule has 0 unspecified atom stereocenters. The summed E-state index contributed by atoms with van der Waals surface area (Å²) in [5.41, 5.74) is 2.03. The largest absolute Gasteiger partial charge is 0.496 e. The Morgan fingerprint density at radius 2 is 1.83 bits per heavy atom. The lowest BCUT2D eigenvalue weighted by Crippen LogP contribution is -2.05. The predicted octanol–water partition coefficient (Wildman–Crippen LogP) is 3.89. The lowest BCUT2D eigenvalue weighted by molar-refractivity contribution is 0.103. The molecule has 2 rings (SSSR count). The topological polar surface area (TPSA) is 26.3 Å². The Kier molecular flexibility index (Phi) is 3.68. The second-order valence-electron chi connectivity index (χ2n) is 4.01. The number of carbonyl (C=O) groups is 1. The van der Waals surface area contributed by atoms with Crippen LogP contribution in [0.4, 0.5) is 0 Å². The molecule has 18 heavy (non-hydrogen) atoms. The summed E-state index contributed by atoms with van der Waals surface area (Å²) in [5, 5.41) is 0.450. The molecule has 0 spiro atoms. The molecule has 0 N–H and O–H groups in total. The maximum atomic E-state index is 12.4. The van der Waals surface area contributed by atoms with E-state index in [0.717, 1.165) is 5.56 Å². The van der Waals surface area contributed by atoms with Crippen LogP contribution < -0.4 is 4.74 Å². The summed E-state index contributed by atoms with van der Waals surface area (Å²) < 4.78 is 5.22. The lowest BCUT2D eigenvalue weighted by atomic mass is 10.0. The molecule has 0 saturated heterocycles. The fourth-order valence-electron chi connectivity index (χ4n) is 1.79. The van der Waals surface area contributed by atoms with Gasteiger partial charge in [-0.3, -0.25) is 4.79 Å². The van der Waals surface area contributed by atoms with Crippen molar-refractivity contribution in [1.82, 2.24) is 0 Å². The van der Waals surface area contributed by atoms with Crippen LogP contribution in [0.2, 0.25) is 5.02 Å². The van der Waals surface area contributed by atoms with Crippen molar-refractivity contribution in [2.75, 3.05) is 7.11 Å². The Labute approximate surface area is 111 Å². The molecule has 2 aromatic carbocycles. The van der Waals surface area contributed by atoms with Crippen molar-refractivity contribution >= 4 is 17.4 Å². The van der Waals surface area contributed by atoms with Gasteiger partial charge in [-0.25, -0.2) is 0 Å². The number of rotatable bonds is 3. The summed E-state index contributed by atoms with van der Waals surface area (Å²) in [7, 11) is 1.55. The molecule has 2 nitrogen and oxygen atoms in total. The minimum atomic E-state index is -0.124. The quantitative estimate of drug-likeness (QED) is 0.783. The zero-order valence-electron chi connectivity index (χ0n) is 10.2. The molecule has 92 valence electrons. The van der Waals surface area contributed by atoms with Gasteiger partial charge in [0.2, 0.25) is 0 Å². The minimum Gasteiger partial charge on any atom is -0.496 e. The smallest absolute Gasteiger partial charge is 0.198 e. The van der Waals surface area contributed by atoms with Crippen LogP contribution in [0.3, 0.4) is 0 Å². The number of ketones is 1. The van der Waals surface area contributed by atoms with Crippen LogP contribution in [0.25, 0.3) is 0 Å². The third-order valence-electron chi connectivity index (χ3n) is 2.72. The first-order valence-corrected chi connectivity index (χ1v) is 5.95. The zero-order valence-corrected chi connectivity index (χ0v) is 11.0. The molecule has 0 aromatic heterocycles. The number of halogens is 1. The molecule has 2 aromatic rings. The van der Waals surface area contributed by atoms with Crippen LogP contribution in [0.5, 0.6) is 5.75 Å². The van der Waals surface area contributed by atoms with E-state index in [1.54, 1.807) is 37.4 Å². The van der Waals surface area contributed by atoms with Crippen LogP contribution in [0.15, 0.2) is 42.5 Å². The third-order valence-corrected chi connectivity index (χ3v) is 3.05. The first-order chi connectivity index (χ1) is 8.63. The Hall–Kier alpha value is -1.80. The fraction of sp³-hybridized carbons (Fsp3) is 0.133. The van der Waals surface area contributed by atoms with Gasteiger partial charge >= 0.3 is 0 Å². The third kappa shape index (κ3) is 2.39. The van der Waals surface area contributed by atoms with Crippen LogP contribution in [0.1, 0.15) is 21.5 Å². The van der Waals surface area contributed by atoms with E-state index in [-0.39, 0.29) is 5.78 Å². The maximum Gasteiger partial charge on any atom is 0.198 e. The summed E-state index contributed by atoms with van der Waals surface area (Å²) in [6.45, 7) is 1.93. The molecule has 0 heterocycles. The van der Waals surface area contributed by atoms with Crippen LogP contribution in [-0.4, -0.2) is 12.9 Å². The molecule has 0 atom stereocenters. The molecular weight excluding hydrogens is 248 g/mol. The van der Waals surface area contributed by atoms with Gasteiger partial charge in [0.15, 0.2) is 5.78 Å². The predicted molar refractivity (Wildman–Crippen MR) is 72.6 cm³/mol. The van der Waals surface area contributed by atoms with Crippen molar-refractivity contribution in [3.63, 3.8) is 0 Å². The summed E-state index contributed by atoms with van der Waals surface area (Å²) in [4.78, 5) is 12.4. The first-order valence-electron chi connectivity index (χ1n) is 5.57. The average molecular weight is 261 g/mol. The van der Waals surface area contributed by atoms with Gasteiger partial charge in [0.1, 0.15) is 5.75 Å². The van der Waals surface area contributed by atoms with Crippen LogP contribution in [-0.2, 0) is 0 Å². The van der Waals surface area contributed by atoms with E-state index in [1.807, 2.05) is 19.1 Å². The normalized spacial score (nSPS) is 10.2. The van der Waals surface area contributed by atoms with Crippen molar-refractivity contribution in [2.45, 2.75) is 6.92 Å². The van der Waals surface area contributed by atoms with Crippen molar-refractivity contribution in [3.05, 3.63) is 64.2 Å². The summed E-state index contributed by atoms with van der Waals surface area (Å²) >= 11 is 6.04. The monoisotopic (exact) mass is 260 g/mol. The van der Waals surface area contributed by atoms with Crippen molar-refractivity contribution < 1.29 is 9.53 Å². The van der Waals surface area contributed by atoms with Gasteiger partial charge in [0.25, 0.3) is 0 Å². The Bertz CT molecular complexity index is 591. The average Bonchev–Trinajstić information content (AvgIpc) is 2.38. The van der Waals surface area contributed by atoms with E-state index < -0.39 is 0 Å². The SMILES string of the molecule is COc1ccc(C)cc1C(=O)c1ccccc1Cl. The first kappa shape index (κ1) is 12.7. The standard InChI is InChI=1S/C15H13ClO2/c1-10-7-8-14(18-2)12(9-10)15(17)11-5-3-4-6-13(11)16/h3-9H,1-2H3. The number of carbonyl (C=O) groups excluding carboxylic acids is 1. The second kappa shape index (κ2) is 5.23. The molecule has 0 radical (unpaired) electrons. The van der Waals surface area contributed by atoms with E-state index in [4.69, 9.17) is 16.3 Å². The molecule has 0 aliphatic carbocycles. The van der Waals surface area contributed by atoms with Gasteiger partial charge in [-0.05, 0) is 31.2 Å². The van der Waals surface area contributed by atoms with E-state index in [9.17, 15) is 4.79 Å². The number of ether oxygens (including phenoxy) is 1. The molecular formula is C15H13ClO2. The molecule has 0 aliphatic heterocycles.